The first kappa shape index (κ1) is 24.3. The van der Waals surface area contributed by atoms with E-state index < -0.39 is 0 Å². The maximum Gasteiger partial charge on any atom is 0.128 e. The molecule has 0 spiro atoms. The average molecular weight is 424 g/mol. The molecule has 1 fully saturated rings. The maximum absolute atomic E-state index is 8.47. The topological polar surface area (TPSA) is 39.6 Å². The molecule has 1 aliphatic rings. The van der Waals surface area contributed by atoms with Crippen LogP contribution in [0.3, 0.4) is 0 Å². The number of halogens is 2. The van der Waals surface area contributed by atoms with Crippen molar-refractivity contribution in [3.63, 3.8) is 0 Å². The van der Waals surface area contributed by atoms with Gasteiger partial charge in [0.2, 0.25) is 0 Å². The van der Waals surface area contributed by atoms with Crippen LogP contribution in [0.25, 0.3) is 0 Å². The van der Waals surface area contributed by atoms with Gasteiger partial charge in [-0.15, -0.1) is 24.8 Å². The second kappa shape index (κ2) is 11.3. The third-order valence-corrected chi connectivity index (χ3v) is 5.04. The minimum Gasteiger partial charge on any atom is -0.492 e. The van der Waals surface area contributed by atoms with E-state index in [0.717, 1.165) is 44.0 Å². The minimum absolute atomic E-state index is 0. The molecule has 0 aliphatic carbocycles. The third kappa shape index (κ3) is 6.13. The van der Waals surface area contributed by atoms with Gasteiger partial charge in [-0.25, -0.2) is 0 Å². The third-order valence-electron chi connectivity index (χ3n) is 5.04. The summed E-state index contributed by atoms with van der Waals surface area (Å²) in [6.45, 7) is 11.7. The zero-order valence-corrected chi connectivity index (χ0v) is 18.5. The SMILES string of the molecule is Cc1cccc(C(=N)N2CCN(CCOc3c(C)cccc3C)CC2)c1.Cl.Cl. The number of benzene rings is 2. The van der Waals surface area contributed by atoms with Crippen molar-refractivity contribution < 1.29 is 4.74 Å². The highest BCUT2D eigenvalue weighted by atomic mass is 35.5. The van der Waals surface area contributed by atoms with E-state index in [4.69, 9.17) is 10.1 Å². The smallest absolute Gasteiger partial charge is 0.128 e. The molecule has 0 saturated carbocycles. The number of hydrogen-bond acceptors (Lipinski definition) is 3. The van der Waals surface area contributed by atoms with Crippen molar-refractivity contribution in [1.29, 1.82) is 5.41 Å². The molecule has 6 heteroatoms. The molecule has 0 atom stereocenters. The summed E-state index contributed by atoms with van der Waals surface area (Å²) < 4.78 is 6.03. The normalized spacial score (nSPS) is 14.0. The van der Waals surface area contributed by atoms with E-state index in [1.165, 1.54) is 16.7 Å². The van der Waals surface area contributed by atoms with Crippen LogP contribution in [0.2, 0.25) is 0 Å². The van der Waals surface area contributed by atoms with Crippen molar-refractivity contribution in [2.75, 3.05) is 39.3 Å². The van der Waals surface area contributed by atoms with Gasteiger partial charge in [0.05, 0.1) is 0 Å². The van der Waals surface area contributed by atoms with Crippen LogP contribution in [0.4, 0.5) is 0 Å². The van der Waals surface area contributed by atoms with Crippen molar-refractivity contribution in [3.8, 4) is 5.75 Å². The number of para-hydroxylation sites is 1. The number of nitrogens with one attached hydrogen (secondary N) is 1. The fourth-order valence-corrected chi connectivity index (χ4v) is 3.47. The first-order chi connectivity index (χ1) is 12.5. The van der Waals surface area contributed by atoms with E-state index in [9.17, 15) is 0 Å². The summed E-state index contributed by atoms with van der Waals surface area (Å²) in [5.74, 6) is 1.66. The van der Waals surface area contributed by atoms with Gasteiger partial charge in [-0.3, -0.25) is 10.3 Å². The van der Waals surface area contributed by atoms with Gasteiger partial charge in [-0.1, -0.05) is 42.0 Å². The second-order valence-electron chi connectivity index (χ2n) is 7.12. The quantitative estimate of drug-likeness (QED) is 0.569. The average Bonchev–Trinajstić information content (AvgIpc) is 2.64. The van der Waals surface area contributed by atoms with Crippen molar-refractivity contribution in [1.82, 2.24) is 9.80 Å². The fraction of sp³-hybridized carbons (Fsp3) is 0.409. The number of amidine groups is 1. The largest absolute Gasteiger partial charge is 0.492 e. The van der Waals surface area contributed by atoms with Gasteiger partial charge in [0.25, 0.3) is 0 Å². The van der Waals surface area contributed by atoms with Crippen LogP contribution in [0.15, 0.2) is 42.5 Å². The second-order valence-corrected chi connectivity index (χ2v) is 7.12. The maximum atomic E-state index is 8.47. The number of aryl methyl sites for hydroxylation is 3. The molecule has 1 saturated heterocycles. The fourth-order valence-electron chi connectivity index (χ4n) is 3.47. The standard InChI is InChI=1S/C22H29N3O.2ClH/c1-17-6-4-9-20(16-17)22(23)25-12-10-24(11-13-25)14-15-26-21-18(2)7-5-8-19(21)3;;/h4-9,16,23H,10-15H2,1-3H3;2*1H. The lowest BCUT2D eigenvalue weighted by molar-refractivity contribution is 0.153. The number of nitrogens with zero attached hydrogens (tertiary/aromatic N) is 2. The predicted octanol–water partition coefficient (Wildman–Crippen LogP) is 4.48. The molecule has 0 radical (unpaired) electrons. The van der Waals surface area contributed by atoms with Gasteiger partial charge in [-0.2, -0.15) is 0 Å². The molecule has 1 N–H and O–H groups in total. The molecule has 0 unspecified atom stereocenters. The Kier molecular flexibility index (Phi) is 9.80. The Morgan fingerprint density at radius 2 is 1.54 bits per heavy atom. The van der Waals surface area contributed by atoms with Gasteiger partial charge in [0, 0.05) is 38.3 Å². The summed E-state index contributed by atoms with van der Waals surface area (Å²) in [4.78, 5) is 4.60. The van der Waals surface area contributed by atoms with Crippen LogP contribution < -0.4 is 4.74 Å². The number of rotatable bonds is 5. The molecule has 2 aromatic rings. The highest BCUT2D eigenvalue weighted by Gasteiger charge is 2.19. The lowest BCUT2D eigenvalue weighted by Crippen LogP contribution is -2.49. The Morgan fingerprint density at radius 3 is 2.14 bits per heavy atom. The van der Waals surface area contributed by atoms with Crippen LogP contribution in [-0.4, -0.2) is 55.0 Å². The Labute approximate surface area is 181 Å². The van der Waals surface area contributed by atoms with E-state index in [-0.39, 0.29) is 24.8 Å². The number of hydrogen-bond donors (Lipinski definition) is 1. The van der Waals surface area contributed by atoms with Gasteiger partial charge in [0.15, 0.2) is 0 Å². The van der Waals surface area contributed by atoms with Crippen LogP contribution in [0.5, 0.6) is 5.75 Å². The van der Waals surface area contributed by atoms with E-state index in [2.05, 4.69) is 60.9 Å². The van der Waals surface area contributed by atoms with Crippen LogP contribution in [0, 0.1) is 26.2 Å². The summed E-state index contributed by atoms with van der Waals surface area (Å²) >= 11 is 0. The van der Waals surface area contributed by atoms with Gasteiger partial charge in [-0.05, 0) is 38.0 Å². The summed E-state index contributed by atoms with van der Waals surface area (Å²) in [6, 6.07) is 14.5. The molecule has 0 amide bonds. The highest BCUT2D eigenvalue weighted by Crippen LogP contribution is 2.22. The van der Waals surface area contributed by atoms with Gasteiger partial charge < -0.3 is 9.64 Å². The molecular formula is C22H31Cl2N3O. The Hall–Kier alpha value is -1.75. The minimum atomic E-state index is 0. The Balaban J connectivity index is 0.00000196. The van der Waals surface area contributed by atoms with E-state index >= 15 is 0 Å². The molecule has 1 heterocycles. The lowest BCUT2D eigenvalue weighted by Gasteiger charge is -2.36. The van der Waals surface area contributed by atoms with Crippen LogP contribution in [0.1, 0.15) is 22.3 Å². The van der Waals surface area contributed by atoms with Crippen molar-refractivity contribution >= 4 is 30.6 Å². The van der Waals surface area contributed by atoms with Gasteiger partial charge in [0.1, 0.15) is 18.2 Å². The molecule has 4 nitrogen and oxygen atoms in total. The molecule has 3 rings (SSSR count). The number of piperazine rings is 1. The van der Waals surface area contributed by atoms with Crippen LogP contribution >= 0.6 is 24.8 Å². The molecule has 2 aromatic carbocycles. The molecule has 28 heavy (non-hydrogen) atoms. The summed E-state index contributed by atoms with van der Waals surface area (Å²) in [5.41, 5.74) is 4.61. The summed E-state index contributed by atoms with van der Waals surface area (Å²) in [6.07, 6.45) is 0. The zero-order valence-electron chi connectivity index (χ0n) is 16.9. The van der Waals surface area contributed by atoms with Crippen molar-refractivity contribution in [2.45, 2.75) is 20.8 Å². The first-order valence-electron chi connectivity index (χ1n) is 9.36. The van der Waals surface area contributed by atoms with Gasteiger partial charge >= 0.3 is 0 Å². The predicted molar refractivity (Wildman–Crippen MR) is 122 cm³/mol. The molecular weight excluding hydrogens is 393 g/mol. The number of ether oxygens (including phenoxy) is 1. The molecule has 0 bridgehead atoms. The molecule has 154 valence electrons. The Bertz CT molecular complexity index is 754. The molecule has 0 aromatic heterocycles. The monoisotopic (exact) mass is 423 g/mol. The molecule has 1 aliphatic heterocycles. The zero-order chi connectivity index (χ0) is 18.5. The van der Waals surface area contributed by atoms with E-state index in [1.807, 2.05) is 12.1 Å². The summed E-state index contributed by atoms with van der Waals surface area (Å²) in [7, 11) is 0. The van der Waals surface area contributed by atoms with Crippen LogP contribution in [-0.2, 0) is 0 Å². The van der Waals surface area contributed by atoms with E-state index in [0.29, 0.717) is 12.4 Å². The highest BCUT2D eigenvalue weighted by molar-refractivity contribution is 5.96. The first-order valence-corrected chi connectivity index (χ1v) is 9.36. The van der Waals surface area contributed by atoms with Crippen molar-refractivity contribution in [2.24, 2.45) is 0 Å². The lowest BCUT2D eigenvalue weighted by atomic mass is 10.1. The van der Waals surface area contributed by atoms with Crippen molar-refractivity contribution in [3.05, 3.63) is 64.7 Å². The van der Waals surface area contributed by atoms with E-state index in [1.54, 1.807) is 0 Å². The Morgan fingerprint density at radius 1 is 0.929 bits per heavy atom. The summed E-state index contributed by atoms with van der Waals surface area (Å²) in [5, 5.41) is 8.47.